The Hall–Kier alpha value is -8.60. The van der Waals surface area contributed by atoms with Crippen LogP contribution >= 0.6 is 0 Å². The van der Waals surface area contributed by atoms with Crippen molar-refractivity contribution < 1.29 is 14.0 Å². The average molecular weight is 936 g/mol. The maximum atomic E-state index is 15.9. The van der Waals surface area contributed by atoms with Crippen LogP contribution in [0.25, 0.3) is 81.9 Å². The van der Waals surface area contributed by atoms with Crippen LogP contribution in [-0.2, 0) is 28.1 Å². The van der Waals surface area contributed by atoms with Gasteiger partial charge in [-0.05, 0) is 141 Å². The largest absolute Gasteiger partial charge is 0.455 e. The zero-order chi connectivity index (χ0) is 48.7. The first-order valence-electron chi connectivity index (χ1n) is 25.7. The fourth-order valence-electron chi connectivity index (χ4n) is 16.2. The van der Waals surface area contributed by atoms with Crippen LogP contribution < -0.4 is 0 Å². The summed E-state index contributed by atoms with van der Waals surface area (Å²) in [5, 5.41) is 8.78. The minimum Gasteiger partial charge on any atom is -0.455 e. The third-order valence-corrected chi connectivity index (χ3v) is 19.3. The van der Waals surface area contributed by atoms with E-state index in [0.717, 1.165) is 121 Å². The van der Waals surface area contributed by atoms with Crippen LogP contribution in [0.15, 0.2) is 192 Å². The van der Waals surface area contributed by atoms with E-state index in [1.807, 2.05) is 6.07 Å². The lowest BCUT2D eigenvalue weighted by Gasteiger charge is -2.74. The second-order valence-electron chi connectivity index (χ2n) is 22.2. The number of rotatable bonds is 2. The quantitative estimate of drug-likeness (QED) is 0.174. The van der Waals surface area contributed by atoms with Crippen molar-refractivity contribution in [3.05, 3.63) is 255 Å². The highest BCUT2D eigenvalue weighted by Crippen LogP contribution is 2.78. The lowest BCUT2D eigenvalue weighted by atomic mass is 9.25. The number of aromatic nitrogens is 1. The summed E-state index contributed by atoms with van der Waals surface area (Å²) in [4.78, 5) is 31.1. The third kappa shape index (κ3) is 4.24. The lowest BCUT2D eigenvalue weighted by molar-refractivity contribution is 0.0527. The Labute approximate surface area is 420 Å². The van der Waals surface area contributed by atoms with Gasteiger partial charge in [0.2, 0.25) is 0 Å². The lowest BCUT2D eigenvalue weighted by Crippen LogP contribution is -2.77. The van der Waals surface area contributed by atoms with Gasteiger partial charge in [-0.2, -0.15) is 0 Å². The van der Waals surface area contributed by atoms with Crippen LogP contribution in [0.2, 0.25) is 0 Å². The molecule has 3 aromatic heterocycles. The molecule has 13 aromatic rings. The Kier molecular flexibility index (Phi) is 7.07. The zero-order valence-corrected chi connectivity index (χ0v) is 40.8. The molecule has 73 heavy (non-hydrogen) atoms. The number of aryl methyl sites for hydroxylation is 1. The van der Waals surface area contributed by atoms with Gasteiger partial charge in [-0.1, -0.05) is 146 Å². The summed E-state index contributed by atoms with van der Waals surface area (Å²) >= 11 is 0. The number of carbonyl (C=O) groups is 2. The molecular weight excluding hydrogens is 891 g/mol. The Bertz CT molecular complexity index is 4780. The summed E-state index contributed by atoms with van der Waals surface area (Å²) in [6.45, 7) is 9.11. The van der Waals surface area contributed by atoms with Crippen LogP contribution in [0.1, 0.15) is 97.1 Å². The molecule has 3 heterocycles. The maximum Gasteiger partial charge on any atom is 0.174 e. The van der Waals surface area contributed by atoms with Crippen molar-refractivity contribution >= 4 is 82.4 Å². The molecule has 0 amide bonds. The fourth-order valence-corrected chi connectivity index (χ4v) is 16.2. The summed E-state index contributed by atoms with van der Waals surface area (Å²) in [5.41, 5.74) is 17.5. The van der Waals surface area contributed by atoms with E-state index in [1.54, 1.807) is 0 Å². The highest BCUT2D eigenvalue weighted by molar-refractivity contribution is 6.28. The molecule has 0 fully saturated rings. The number of hydrogen-bond acceptors (Lipinski definition) is 3. The second-order valence-corrected chi connectivity index (χ2v) is 22.2. The van der Waals surface area contributed by atoms with Crippen LogP contribution in [0.4, 0.5) is 0 Å². The molecule has 344 valence electrons. The molecule has 0 aliphatic heterocycles. The summed E-state index contributed by atoms with van der Waals surface area (Å²) in [6, 6.07) is 67.9. The van der Waals surface area contributed by atoms with E-state index < -0.39 is 21.7 Å². The second kappa shape index (κ2) is 12.9. The molecule has 4 aliphatic rings. The summed E-state index contributed by atoms with van der Waals surface area (Å²) < 4.78 is 9.34. The molecule has 0 bridgehead atoms. The maximum absolute atomic E-state index is 15.9. The monoisotopic (exact) mass is 935 g/mol. The predicted octanol–water partition coefficient (Wildman–Crippen LogP) is 16.0. The van der Waals surface area contributed by atoms with E-state index in [-0.39, 0.29) is 11.6 Å². The SMILES string of the molecule is Cc1ccccc1C1(C)c2ccccc2CC(=O)c2cc3c(cc21)c1cc(-c2c4ccccc4cc4c2oc2ccccc24)cc2c4cc5c(cc4n3c12)C(=O)C1(C)c2ccccc2C12c1ccccc1C52C. The minimum atomic E-state index is -0.758. The number of benzene rings is 10. The van der Waals surface area contributed by atoms with E-state index >= 15 is 9.59 Å². The van der Waals surface area contributed by atoms with Crippen LogP contribution in [0.3, 0.4) is 0 Å². The zero-order valence-electron chi connectivity index (χ0n) is 40.8. The van der Waals surface area contributed by atoms with E-state index in [2.05, 4.69) is 214 Å². The highest BCUT2D eigenvalue weighted by atomic mass is 16.3. The van der Waals surface area contributed by atoms with E-state index in [1.165, 1.54) is 27.8 Å². The number of carbonyl (C=O) groups excluding carboxylic acids is 2. The van der Waals surface area contributed by atoms with Gasteiger partial charge in [-0.15, -0.1) is 0 Å². The van der Waals surface area contributed by atoms with Crippen molar-refractivity contribution in [1.29, 1.82) is 0 Å². The number of hydrogen-bond donors (Lipinski definition) is 0. The molecule has 0 N–H and O–H groups in total. The number of furan rings is 1. The van der Waals surface area contributed by atoms with Crippen LogP contribution in [0.5, 0.6) is 0 Å². The molecule has 4 unspecified atom stereocenters. The molecule has 4 aliphatic carbocycles. The molecular formula is C69H45NO3. The molecule has 0 saturated carbocycles. The molecule has 1 spiro atoms. The summed E-state index contributed by atoms with van der Waals surface area (Å²) in [6.07, 6.45) is 0.306. The molecule has 4 atom stereocenters. The van der Waals surface area contributed by atoms with Crippen LogP contribution in [0, 0.1) is 6.92 Å². The first-order chi connectivity index (χ1) is 35.6. The van der Waals surface area contributed by atoms with E-state index in [9.17, 15) is 0 Å². The topological polar surface area (TPSA) is 51.7 Å². The number of para-hydroxylation sites is 1. The van der Waals surface area contributed by atoms with Gasteiger partial charge in [0.25, 0.3) is 0 Å². The smallest absolute Gasteiger partial charge is 0.174 e. The molecule has 10 aromatic carbocycles. The van der Waals surface area contributed by atoms with Gasteiger partial charge < -0.3 is 8.82 Å². The summed E-state index contributed by atoms with van der Waals surface area (Å²) in [5.74, 6) is 0.270. The molecule has 4 heteroatoms. The Morgan fingerprint density at radius 2 is 1.04 bits per heavy atom. The van der Waals surface area contributed by atoms with Crippen molar-refractivity contribution in [2.24, 2.45) is 0 Å². The molecule has 0 radical (unpaired) electrons. The summed E-state index contributed by atoms with van der Waals surface area (Å²) in [7, 11) is 0. The first kappa shape index (κ1) is 40.0. The Morgan fingerprint density at radius 1 is 0.466 bits per heavy atom. The van der Waals surface area contributed by atoms with Gasteiger partial charge >= 0.3 is 0 Å². The Morgan fingerprint density at radius 3 is 1.77 bits per heavy atom. The standard InChI is InChI=1S/C69H45NO3/c1-37-17-5-10-22-50(37)66(2)51-23-11-7-19-39(51)32-60(71)48-35-58-43(33-56(48)66)45-30-40(62-41-20-8-6-18-38(41)29-47-42-21-9-16-28-61(42)73-64(47)62)31-46-44-34-57-49(36-59(44)70(58)63(45)46)65(72)68(4)53-25-13-15-27-55(53)69(68)54-26-14-12-24-52(54)67(57,69)3/h5-31,33-36H,32H2,1-4H3. The van der Waals surface area contributed by atoms with Crippen molar-refractivity contribution in [1.82, 2.24) is 4.40 Å². The minimum absolute atomic E-state index is 0.104. The van der Waals surface area contributed by atoms with Gasteiger partial charge in [0.15, 0.2) is 11.6 Å². The Balaban J connectivity index is 1.05. The van der Waals surface area contributed by atoms with Gasteiger partial charge in [0.05, 0.1) is 27.4 Å². The van der Waals surface area contributed by atoms with Gasteiger partial charge in [-0.3, -0.25) is 9.59 Å². The molecule has 17 rings (SSSR count). The van der Waals surface area contributed by atoms with Crippen molar-refractivity contribution in [2.75, 3.05) is 0 Å². The van der Waals surface area contributed by atoms with Gasteiger partial charge in [0.1, 0.15) is 11.2 Å². The number of fused-ring (bicyclic) bond motifs is 18. The predicted molar refractivity (Wildman–Crippen MR) is 294 cm³/mol. The number of nitrogens with zero attached hydrogens (tertiary/aromatic N) is 1. The molecule has 4 nitrogen and oxygen atoms in total. The number of ketones is 2. The first-order valence-corrected chi connectivity index (χ1v) is 25.7. The normalized spacial score (nSPS) is 22.5. The fraction of sp³-hybridized carbons (Fsp3) is 0.130. The van der Waals surface area contributed by atoms with Gasteiger partial charge in [0, 0.05) is 66.3 Å². The van der Waals surface area contributed by atoms with Gasteiger partial charge in [-0.25, -0.2) is 0 Å². The third-order valence-electron chi connectivity index (χ3n) is 19.3. The van der Waals surface area contributed by atoms with Crippen molar-refractivity contribution in [2.45, 2.75) is 55.8 Å². The van der Waals surface area contributed by atoms with Crippen molar-refractivity contribution in [3.8, 4) is 11.1 Å². The molecule has 0 saturated heterocycles. The highest BCUT2D eigenvalue weighted by Gasteiger charge is 2.80. The van der Waals surface area contributed by atoms with E-state index in [4.69, 9.17) is 4.42 Å². The van der Waals surface area contributed by atoms with E-state index in [0.29, 0.717) is 6.42 Å². The average Bonchev–Trinajstić information content (AvgIpc) is 4.05. The number of Topliss-reactive ketones (excluding diaryl/α,β-unsaturated/α-hetero) is 2. The van der Waals surface area contributed by atoms with Crippen LogP contribution in [-0.4, -0.2) is 16.0 Å². The van der Waals surface area contributed by atoms with Crippen molar-refractivity contribution in [3.63, 3.8) is 0 Å².